The highest BCUT2D eigenvalue weighted by atomic mass is 79.9. The molecular formula is C13H18BrFN2S. The zero-order valence-electron chi connectivity index (χ0n) is 10.4. The van der Waals surface area contributed by atoms with Gasteiger partial charge >= 0.3 is 0 Å². The van der Waals surface area contributed by atoms with E-state index in [1.54, 1.807) is 6.07 Å². The summed E-state index contributed by atoms with van der Waals surface area (Å²) in [5, 5.41) is 4.11. The molecule has 0 spiro atoms. The summed E-state index contributed by atoms with van der Waals surface area (Å²) in [5.41, 5.74) is 7.16. The number of hydrogen-bond acceptors (Lipinski definition) is 3. The molecule has 0 bridgehead atoms. The Kier molecular flexibility index (Phi) is 4.78. The second-order valence-electron chi connectivity index (χ2n) is 4.53. The average Bonchev–Trinajstić information content (AvgIpc) is 2.74. The largest absolute Gasteiger partial charge is 0.397 e. The topological polar surface area (TPSA) is 38.0 Å². The number of halogens is 2. The van der Waals surface area contributed by atoms with Crippen LogP contribution in [0.3, 0.4) is 0 Å². The lowest BCUT2D eigenvalue weighted by Gasteiger charge is -2.22. The Bertz CT molecular complexity index is 428. The van der Waals surface area contributed by atoms with Crippen molar-refractivity contribution in [3.8, 4) is 0 Å². The van der Waals surface area contributed by atoms with Crippen LogP contribution in [0.2, 0.25) is 0 Å². The molecule has 1 aliphatic carbocycles. The van der Waals surface area contributed by atoms with Crippen LogP contribution in [0.5, 0.6) is 0 Å². The van der Waals surface area contributed by atoms with Crippen LogP contribution >= 0.6 is 27.7 Å². The zero-order chi connectivity index (χ0) is 13.1. The molecule has 1 saturated carbocycles. The van der Waals surface area contributed by atoms with Crippen molar-refractivity contribution in [1.82, 2.24) is 0 Å². The Hall–Kier alpha value is -0.420. The molecule has 0 aromatic heterocycles. The molecule has 2 unspecified atom stereocenters. The molecule has 2 atom stereocenters. The average molecular weight is 333 g/mol. The Labute approximate surface area is 120 Å². The molecule has 0 heterocycles. The molecule has 5 heteroatoms. The number of nitrogens with two attached hydrogens (primary N) is 1. The Morgan fingerprint density at radius 1 is 1.50 bits per heavy atom. The quantitative estimate of drug-likeness (QED) is 0.809. The molecular weight excluding hydrogens is 315 g/mol. The molecule has 18 heavy (non-hydrogen) atoms. The number of nitrogens with one attached hydrogen (secondary N) is 1. The predicted octanol–water partition coefficient (Wildman–Crippen LogP) is 4.26. The van der Waals surface area contributed by atoms with Gasteiger partial charge in [-0.2, -0.15) is 11.8 Å². The zero-order valence-corrected chi connectivity index (χ0v) is 12.8. The van der Waals surface area contributed by atoms with Crippen molar-refractivity contribution >= 4 is 39.1 Å². The standard InChI is InChI=1S/C13H18BrFN2S/c1-2-18-13-5-3-4-11(13)17-12-6-8(14)9(15)7-10(12)16/h6-7,11,13,17H,2-5,16H2,1H3. The number of hydrogen-bond donors (Lipinski definition) is 2. The first kappa shape index (κ1) is 14.0. The number of benzene rings is 1. The van der Waals surface area contributed by atoms with Crippen molar-refractivity contribution in [1.29, 1.82) is 0 Å². The Balaban J connectivity index is 2.11. The Morgan fingerprint density at radius 3 is 3.00 bits per heavy atom. The molecule has 0 aliphatic heterocycles. The van der Waals surface area contributed by atoms with Crippen LogP contribution in [0.1, 0.15) is 26.2 Å². The van der Waals surface area contributed by atoms with Crippen molar-refractivity contribution < 1.29 is 4.39 Å². The van der Waals surface area contributed by atoms with E-state index in [0.717, 1.165) is 17.9 Å². The van der Waals surface area contributed by atoms with Crippen molar-refractivity contribution in [3.05, 3.63) is 22.4 Å². The van der Waals surface area contributed by atoms with Gasteiger partial charge in [0.1, 0.15) is 5.82 Å². The van der Waals surface area contributed by atoms with Gasteiger partial charge in [0.05, 0.1) is 15.8 Å². The first-order valence-electron chi connectivity index (χ1n) is 6.24. The summed E-state index contributed by atoms with van der Waals surface area (Å²) >= 11 is 5.19. The lowest BCUT2D eigenvalue weighted by molar-refractivity contribution is 0.621. The third-order valence-corrected chi connectivity index (χ3v) is 5.20. The van der Waals surface area contributed by atoms with Gasteiger partial charge in [-0.15, -0.1) is 0 Å². The van der Waals surface area contributed by atoms with Crippen LogP contribution in [0, 0.1) is 5.82 Å². The van der Waals surface area contributed by atoms with E-state index in [4.69, 9.17) is 5.73 Å². The highest BCUT2D eigenvalue weighted by molar-refractivity contribution is 9.10. The summed E-state index contributed by atoms with van der Waals surface area (Å²) in [7, 11) is 0. The molecule has 1 aromatic rings. The van der Waals surface area contributed by atoms with Crippen molar-refractivity contribution in [2.45, 2.75) is 37.5 Å². The molecule has 2 nitrogen and oxygen atoms in total. The second-order valence-corrected chi connectivity index (χ2v) is 6.90. The van der Waals surface area contributed by atoms with E-state index in [9.17, 15) is 4.39 Å². The molecule has 2 rings (SSSR count). The minimum absolute atomic E-state index is 0.316. The van der Waals surface area contributed by atoms with Crippen molar-refractivity contribution in [2.24, 2.45) is 0 Å². The molecule has 100 valence electrons. The number of thioether (sulfide) groups is 1. The highest BCUT2D eigenvalue weighted by Gasteiger charge is 2.27. The molecule has 1 aliphatic rings. The van der Waals surface area contributed by atoms with E-state index in [2.05, 4.69) is 28.2 Å². The fourth-order valence-corrected chi connectivity index (χ4v) is 3.93. The van der Waals surface area contributed by atoms with Gasteiger partial charge in [-0.3, -0.25) is 0 Å². The lowest BCUT2D eigenvalue weighted by atomic mass is 10.2. The molecule has 0 radical (unpaired) electrons. The third kappa shape index (κ3) is 3.12. The summed E-state index contributed by atoms with van der Waals surface area (Å²) in [6, 6.07) is 3.54. The number of anilines is 2. The van der Waals surface area contributed by atoms with Crippen LogP contribution in [0.4, 0.5) is 15.8 Å². The van der Waals surface area contributed by atoms with Gasteiger partial charge < -0.3 is 11.1 Å². The van der Waals surface area contributed by atoms with Crippen LogP contribution < -0.4 is 11.1 Å². The van der Waals surface area contributed by atoms with E-state index < -0.39 is 0 Å². The number of rotatable bonds is 4. The van der Waals surface area contributed by atoms with Gasteiger partial charge in [0.25, 0.3) is 0 Å². The summed E-state index contributed by atoms with van der Waals surface area (Å²) < 4.78 is 13.8. The fourth-order valence-electron chi connectivity index (χ4n) is 2.39. The van der Waals surface area contributed by atoms with Crippen LogP contribution in [-0.2, 0) is 0 Å². The summed E-state index contributed by atoms with van der Waals surface area (Å²) in [4.78, 5) is 0. The van der Waals surface area contributed by atoms with Gasteiger partial charge in [0.15, 0.2) is 0 Å². The van der Waals surface area contributed by atoms with Gasteiger partial charge in [0.2, 0.25) is 0 Å². The molecule has 0 amide bonds. The second kappa shape index (κ2) is 6.15. The van der Waals surface area contributed by atoms with Crippen LogP contribution in [0.15, 0.2) is 16.6 Å². The van der Waals surface area contributed by atoms with E-state index in [1.165, 1.54) is 18.9 Å². The normalized spacial score (nSPS) is 23.3. The maximum Gasteiger partial charge on any atom is 0.139 e. The molecule has 0 saturated heterocycles. The monoisotopic (exact) mass is 332 g/mol. The Morgan fingerprint density at radius 2 is 2.28 bits per heavy atom. The van der Waals surface area contributed by atoms with Crippen molar-refractivity contribution in [3.63, 3.8) is 0 Å². The maximum absolute atomic E-state index is 13.3. The molecule has 1 aromatic carbocycles. The van der Waals surface area contributed by atoms with Gasteiger partial charge in [-0.25, -0.2) is 4.39 Å². The fraction of sp³-hybridized carbons (Fsp3) is 0.538. The maximum atomic E-state index is 13.3. The smallest absolute Gasteiger partial charge is 0.139 e. The van der Waals surface area contributed by atoms with Crippen LogP contribution in [-0.4, -0.2) is 17.0 Å². The first-order valence-corrected chi connectivity index (χ1v) is 8.08. The van der Waals surface area contributed by atoms with Gasteiger partial charge in [0, 0.05) is 17.4 Å². The van der Waals surface area contributed by atoms with E-state index in [-0.39, 0.29) is 5.82 Å². The highest BCUT2D eigenvalue weighted by Crippen LogP contribution is 2.34. The minimum atomic E-state index is -0.316. The van der Waals surface area contributed by atoms with Crippen LogP contribution in [0.25, 0.3) is 0 Å². The minimum Gasteiger partial charge on any atom is -0.397 e. The van der Waals surface area contributed by atoms with E-state index in [0.29, 0.717) is 21.5 Å². The van der Waals surface area contributed by atoms with Gasteiger partial charge in [-0.1, -0.05) is 13.3 Å². The van der Waals surface area contributed by atoms with E-state index in [1.807, 2.05) is 11.8 Å². The lowest BCUT2D eigenvalue weighted by Crippen LogP contribution is -2.26. The third-order valence-electron chi connectivity index (χ3n) is 3.27. The van der Waals surface area contributed by atoms with E-state index >= 15 is 0 Å². The number of nitrogen functional groups attached to an aromatic ring is 1. The molecule has 1 fully saturated rings. The SMILES string of the molecule is CCSC1CCCC1Nc1cc(Br)c(F)cc1N. The summed E-state index contributed by atoms with van der Waals surface area (Å²) in [5.74, 6) is 0.815. The van der Waals surface area contributed by atoms with Gasteiger partial charge in [-0.05, 0) is 40.6 Å². The first-order chi connectivity index (χ1) is 8.61. The van der Waals surface area contributed by atoms with Crippen molar-refractivity contribution in [2.75, 3.05) is 16.8 Å². The predicted molar refractivity (Wildman–Crippen MR) is 81.7 cm³/mol. The summed E-state index contributed by atoms with van der Waals surface area (Å²) in [6.45, 7) is 2.18. The molecule has 3 N–H and O–H groups in total. The summed E-state index contributed by atoms with van der Waals surface area (Å²) in [6.07, 6.45) is 3.65.